The monoisotopic (exact) mass is 424 g/mol. The van der Waals surface area contributed by atoms with Crippen LogP contribution in [0.2, 0.25) is 0 Å². The summed E-state index contributed by atoms with van der Waals surface area (Å²) in [5, 5.41) is 0. The van der Waals surface area contributed by atoms with E-state index in [2.05, 4.69) is 36.6 Å². The molecule has 1 aromatic carbocycles. The zero-order chi connectivity index (χ0) is 14.8. The highest BCUT2D eigenvalue weighted by Crippen LogP contribution is 2.25. The molecule has 0 atom stereocenters. The van der Waals surface area contributed by atoms with Gasteiger partial charge in [0.05, 0.1) is 11.4 Å². The lowest BCUT2D eigenvalue weighted by molar-refractivity contribution is -0.128. The number of hydrogen-bond acceptors (Lipinski definition) is 3. The van der Waals surface area contributed by atoms with Crippen LogP contribution in [0.1, 0.15) is 12.8 Å². The van der Waals surface area contributed by atoms with Gasteiger partial charge in [0.15, 0.2) is 0 Å². The van der Waals surface area contributed by atoms with Crippen molar-refractivity contribution in [1.29, 1.82) is 0 Å². The fourth-order valence-electron chi connectivity index (χ4n) is 2.01. The van der Waals surface area contributed by atoms with E-state index >= 15 is 0 Å². The SMILES string of the molecule is O=C(CNS(=O)(=O)c1ccc(Br)cc1Br)N1CCCC1. The highest BCUT2D eigenvalue weighted by atomic mass is 79.9. The second-order valence-electron chi connectivity index (χ2n) is 4.49. The minimum absolute atomic E-state index is 0.120. The lowest BCUT2D eigenvalue weighted by Crippen LogP contribution is -2.38. The van der Waals surface area contributed by atoms with Crippen LogP contribution in [0.15, 0.2) is 32.0 Å². The van der Waals surface area contributed by atoms with E-state index in [0.717, 1.165) is 17.3 Å². The van der Waals surface area contributed by atoms with Gasteiger partial charge < -0.3 is 4.90 Å². The Morgan fingerprint density at radius 3 is 2.50 bits per heavy atom. The van der Waals surface area contributed by atoms with Crippen molar-refractivity contribution in [2.75, 3.05) is 19.6 Å². The summed E-state index contributed by atoms with van der Waals surface area (Å²) >= 11 is 6.48. The summed E-state index contributed by atoms with van der Waals surface area (Å²) in [6.45, 7) is 1.22. The average Bonchev–Trinajstić information content (AvgIpc) is 2.89. The van der Waals surface area contributed by atoms with Crippen molar-refractivity contribution in [3.8, 4) is 0 Å². The van der Waals surface area contributed by atoms with Gasteiger partial charge in [0.1, 0.15) is 0 Å². The summed E-state index contributed by atoms with van der Waals surface area (Å²) in [5.74, 6) is -0.181. The molecule has 0 radical (unpaired) electrons. The number of nitrogens with one attached hydrogen (secondary N) is 1. The van der Waals surface area contributed by atoms with Crippen molar-refractivity contribution in [2.45, 2.75) is 17.7 Å². The third-order valence-corrected chi connectivity index (χ3v) is 5.93. The van der Waals surface area contributed by atoms with Crippen LogP contribution in [0.4, 0.5) is 0 Å². The van der Waals surface area contributed by atoms with E-state index in [1.54, 1.807) is 17.0 Å². The van der Waals surface area contributed by atoms with Gasteiger partial charge in [0, 0.05) is 22.0 Å². The molecule has 8 heteroatoms. The third-order valence-electron chi connectivity index (χ3n) is 3.06. The van der Waals surface area contributed by atoms with Crippen molar-refractivity contribution in [3.63, 3.8) is 0 Å². The molecule has 20 heavy (non-hydrogen) atoms. The Balaban J connectivity index is 2.05. The van der Waals surface area contributed by atoms with Gasteiger partial charge >= 0.3 is 0 Å². The molecule has 1 saturated heterocycles. The molecule has 5 nitrogen and oxygen atoms in total. The molecule has 1 N–H and O–H groups in total. The first kappa shape index (κ1) is 15.9. The van der Waals surface area contributed by atoms with Gasteiger partial charge in [-0.25, -0.2) is 13.1 Å². The molecule has 1 aliphatic heterocycles. The predicted molar refractivity (Wildman–Crippen MR) is 82.8 cm³/mol. The Bertz CT molecular complexity index is 613. The van der Waals surface area contributed by atoms with Crippen LogP contribution >= 0.6 is 31.9 Å². The first-order valence-electron chi connectivity index (χ1n) is 6.12. The highest BCUT2D eigenvalue weighted by Gasteiger charge is 2.22. The largest absolute Gasteiger partial charge is 0.342 e. The average molecular weight is 426 g/mol. The van der Waals surface area contributed by atoms with Crippen molar-refractivity contribution in [1.82, 2.24) is 9.62 Å². The maximum Gasteiger partial charge on any atom is 0.242 e. The number of likely N-dealkylation sites (tertiary alicyclic amines) is 1. The molecule has 0 spiro atoms. The topological polar surface area (TPSA) is 66.5 Å². The number of sulfonamides is 1. The normalized spacial score (nSPS) is 15.6. The van der Waals surface area contributed by atoms with E-state index in [1.165, 1.54) is 6.07 Å². The van der Waals surface area contributed by atoms with Crippen LogP contribution in [0.3, 0.4) is 0 Å². The van der Waals surface area contributed by atoms with E-state index in [9.17, 15) is 13.2 Å². The Morgan fingerprint density at radius 1 is 1.25 bits per heavy atom. The van der Waals surface area contributed by atoms with E-state index in [-0.39, 0.29) is 17.3 Å². The van der Waals surface area contributed by atoms with Crippen molar-refractivity contribution in [3.05, 3.63) is 27.1 Å². The minimum atomic E-state index is -3.70. The molecule has 1 amide bonds. The molecule has 0 aromatic heterocycles. The molecule has 1 aromatic rings. The van der Waals surface area contributed by atoms with Crippen LogP contribution in [0, 0.1) is 0 Å². The zero-order valence-electron chi connectivity index (χ0n) is 10.6. The van der Waals surface area contributed by atoms with Crippen LogP contribution in [0.5, 0.6) is 0 Å². The third kappa shape index (κ3) is 3.81. The van der Waals surface area contributed by atoms with E-state index < -0.39 is 10.0 Å². The lowest BCUT2D eigenvalue weighted by Gasteiger charge is -2.15. The molecule has 0 bridgehead atoms. The molecular formula is C12H14Br2N2O3S. The number of carbonyl (C=O) groups excluding carboxylic acids is 1. The van der Waals surface area contributed by atoms with Gasteiger partial charge in [-0.1, -0.05) is 15.9 Å². The van der Waals surface area contributed by atoms with Crippen molar-refractivity contribution in [2.24, 2.45) is 0 Å². The number of nitrogens with zero attached hydrogens (tertiary/aromatic N) is 1. The van der Waals surface area contributed by atoms with Crippen LogP contribution in [-0.2, 0) is 14.8 Å². The number of hydrogen-bond donors (Lipinski definition) is 1. The maximum absolute atomic E-state index is 12.2. The summed E-state index contributed by atoms with van der Waals surface area (Å²) in [4.78, 5) is 13.6. The number of amides is 1. The van der Waals surface area contributed by atoms with Gasteiger partial charge in [0.25, 0.3) is 0 Å². The molecule has 0 saturated carbocycles. The highest BCUT2D eigenvalue weighted by molar-refractivity contribution is 9.11. The van der Waals surface area contributed by atoms with Crippen LogP contribution in [-0.4, -0.2) is 38.9 Å². The van der Waals surface area contributed by atoms with E-state index in [4.69, 9.17) is 0 Å². The molecule has 1 heterocycles. The van der Waals surface area contributed by atoms with E-state index in [1.807, 2.05) is 0 Å². The minimum Gasteiger partial charge on any atom is -0.342 e. The standard InChI is InChI=1S/C12H14Br2N2O3S/c13-9-3-4-11(10(14)7-9)20(18,19)15-8-12(17)16-5-1-2-6-16/h3-4,7,15H,1-2,5-6,8H2. The number of halogens is 2. The van der Waals surface area contributed by atoms with Gasteiger partial charge in [-0.2, -0.15) is 0 Å². The Hall–Kier alpha value is -0.440. The summed E-state index contributed by atoms with van der Waals surface area (Å²) in [6.07, 6.45) is 1.97. The summed E-state index contributed by atoms with van der Waals surface area (Å²) in [5.41, 5.74) is 0. The first-order chi connectivity index (χ1) is 9.40. The van der Waals surface area contributed by atoms with Crippen LogP contribution < -0.4 is 4.72 Å². The van der Waals surface area contributed by atoms with Crippen LogP contribution in [0.25, 0.3) is 0 Å². The smallest absolute Gasteiger partial charge is 0.242 e. The Kier molecular flexibility index (Phi) is 5.22. The summed E-state index contributed by atoms with van der Waals surface area (Å²) in [7, 11) is -3.70. The van der Waals surface area contributed by atoms with Gasteiger partial charge in [-0.15, -0.1) is 0 Å². The van der Waals surface area contributed by atoms with Gasteiger partial charge in [0.2, 0.25) is 15.9 Å². The summed E-state index contributed by atoms with van der Waals surface area (Å²) < 4.78 is 27.9. The molecule has 110 valence electrons. The molecule has 0 unspecified atom stereocenters. The second kappa shape index (κ2) is 6.55. The molecule has 1 fully saturated rings. The predicted octanol–water partition coefficient (Wildman–Crippen LogP) is 2.11. The lowest BCUT2D eigenvalue weighted by atomic mass is 10.4. The van der Waals surface area contributed by atoms with Gasteiger partial charge in [-0.3, -0.25) is 4.79 Å². The number of rotatable bonds is 4. The number of benzene rings is 1. The fourth-order valence-corrected chi connectivity index (χ4v) is 4.72. The zero-order valence-corrected chi connectivity index (χ0v) is 14.6. The Morgan fingerprint density at radius 2 is 1.90 bits per heavy atom. The summed E-state index contributed by atoms with van der Waals surface area (Å²) in [6, 6.07) is 4.77. The first-order valence-corrected chi connectivity index (χ1v) is 9.19. The van der Waals surface area contributed by atoms with E-state index in [0.29, 0.717) is 17.6 Å². The number of carbonyl (C=O) groups is 1. The second-order valence-corrected chi connectivity index (χ2v) is 7.99. The van der Waals surface area contributed by atoms with Gasteiger partial charge in [-0.05, 0) is 47.0 Å². The molecular weight excluding hydrogens is 412 g/mol. The molecule has 1 aliphatic rings. The van der Waals surface area contributed by atoms with Crippen molar-refractivity contribution < 1.29 is 13.2 Å². The Labute approximate surface area is 135 Å². The fraction of sp³-hybridized carbons (Fsp3) is 0.417. The molecule has 2 rings (SSSR count). The maximum atomic E-state index is 12.2. The van der Waals surface area contributed by atoms with Crippen molar-refractivity contribution >= 4 is 47.8 Å². The quantitative estimate of drug-likeness (QED) is 0.803. The molecule has 0 aliphatic carbocycles.